The van der Waals surface area contributed by atoms with Crippen LogP contribution in [0.15, 0.2) is 30.3 Å². The van der Waals surface area contributed by atoms with Gasteiger partial charge in [-0.3, -0.25) is 0 Å². The summed E-state index contributed by atoms with van der Waals surface area (Å²) < 4.78 is 5.15. The molecular weight excluding hydrogens is 296 g/mol. The van der Waals surface area contributed by atoms with Crippen LogP contribution in [0.4, 0.5) is 11.4 Å². The molecule has 2 N–H and O–H groups in total. The Morgan fingerprint density at radius 2 is 1.59 bits per heavy atom. The first kappa shape index (κ1) is 16.5. The first-order valence-electron chi connectivity index (χ1n) is 7.40. The zero-order chi connectivity index (χ0) is 16.1. The summed E-state index contributed by atoms with van der Waals surface area (Å²) in [7, 11) is 1.62. The van der Waals surface area contributed by atoms with Gasteiger partial charge in [0.25, 0.3) is 0 Å². The molecule has 0 unspecified atom stereocenters. The molecule has 3 nitrogen and oxygen atoms in total. The summed E-state index contributed by atoms with van der Waals surface area (Å²) in [4.78, 5) is 0. The maximum absolute atomic E-state index is 6.11. The summed E-state index contributed by atoms with van der Waals surface area (Å²) >= 11 is 6.11. The molecule has 22 heavy (non-hydrogen) atoms. The van der Waals surface area contributed by atoms with Gasteiger partial charge in [0.15, 0.2) is 0 Å². The number of aryl methyl sites for hydroxylation is 3. The van der Waals surface area contributed by atoms with Crippen molar-refractivity contribution in [2.24, 2.45) is 0 Å². The van der Waals surface area contributed by atoms with E-state index in [9.17, 15) is 0 Å². The number of halogens is 1. The molecule has 2 aromatic rings. The highest BCUT2D eigenvalue weighted by atomic mass is 35.5. The molecule has 0 aliphatic rings. The molecule has 0 saturated carbocycles. The van der Waals surface area contributed by atoms with Crippen molar-refractivity contribution in [3.63, 3.8) is 0 Å². The number of rotatable bonds is 6. The van der Waals surface area contributed by atoms with Crippen LogP contribution >= 0.6 is 11.6 Å². The molecule has 0 amide bonds. The van der Waals surface area contributed by atoms with Crippen molar-refractivity contribution in [1.29, 1.82) is 0 Å². The summed E-state index contributed by atoms with van der Waals surface area (Å²) in [6.07, 6.45) is 0. The van der Waals surface area contributed by atoms with E-state index in [4.69, 9.17) is 16.3 Å². The van der Waals surface area contributed by atoms with Crippen molar-refractivity contribution >= 4 is 23.0 Å². The second-order valence-electron chi connectivity index (χ2n) is 5.48. The smallest absolute Gasteiger partial charge is 0.137 e. The molecule has 0 saturated heterocycles. The highest BCUT2D eigenvalue weighted by Gasteiger charge is 2.04. The van der Waals surface area contributed by atoms with E-state index in [0.29, 0.717) is 10.8 Å². The fourth-order valence-corrected chi connectivity index (χ4v) is 2.89. The van der Waals surface area contributed by atoms with Gasteiger partial charge in [-0.15, -0.1) is 0 Å². The second kappa shape index (κ2) is 7.41. The van der Waals surface area contributed by atoms with Crippen LogP contribution in [0.2, 0.25) is 5.02 Å². The van der Waals surface area contributed by atoms with Crippen molar-refractivity contribution in [3.05, 3.63) is 52.0 Å². The van der Waals surface area contributed by atoms with Crippen LogP contribution in [0.1, 0.15) is 16.7 Å². The van der Waals surface area contributed by atoms with Crippen LogP contribution in [0.3, 0.4) is 0 Å². The zero-order valence-electron chi connectivity index (χ0n) is 13.6. The van der Waals surface area contributed by atoms with E-state index >= 15 is 0 Å². The van der Waals surface area contributed by atoms with Gasteiger partial charge in [-0.1, -0.05) is 29.3 Å². The van der Waals surface area contributed by atoms with Crippen LogP contribution in [-0.4, -0.2) is 20.2 Å². The van der Waals surface area contributed by atoms with Crippen molar-refractivity contribution in [3.8, 4) is 5.75 Å². The average Bonchev–Trinajstić information content (AvgIpc) is 2.45. The summed E-state index contributed by atoms with van der Waals surface area (Å²) in [6.45, 7) is 8.06. The lowest BCUT2D eigenvalue weighted by Crippen LogP contribution is -2.15. The van der Waals surface area contributed by atoms with Crippen molar-refractivity contribution < 1.29 is 4.74 Å². The van der Waals surface area contributed by atoms with E-state index in [1.807, 2.05) is 18.2 Å². The Balaban J connectivity index is 1.89. The van der Waals surface area contributed by atoms with Crippen LogP contribution < -0.4 is 15.4 Å². The SMILES string of the molecule is COc1ccc(NCCNc2c(C)cc(C)cc2C)cc1Cl. The van der Waals surface area contributed by atoms with Gasteiger partial charge in [-0.25, -0.2) is 0 Å². The number of anilines is 2. The third-order valence-electron chi connectivity index (χ3n) is 3.58. The van der Waals surface area contributed by atoms with Gasteiger partial charge < -0.3 is 15.4 Å². The van der Waals surface area contributed by atoms with Gasteiger partial charge in [-0.05, 0) is 50.1 Å². The number of ether oxygens (including phenoxy) is 1. The van der Waals surface area contributed by atoms with Gasteiger partial charge >= 0.3 is 0 Å². The van der Waals surface area contributed by atoms with Gasteiger partial charge in [0.1, 0.15) is 5.75 Å². The van der Waals surface area contributed by atoms with Gasteiger partial charge in [0, 0.05) is 24.5 Å². The Labute approximate surface area is 137 Å². The van der Waals surface area contributed by atoms with E-state index in [1.165, 1.54) is 22.4 Å². The average molecular weight is 319 g/mol. The number of benzene rings is 2. The summed E-state index contributed by atoms with van der Waals surface area (Å²) in [5, 5.41) is 7.47. The largest absolute Gasteiger partial charge is 0.495 e. The van der Waals surface area contributed by atoms with E-state index in [0.717, 1.165) is 18.8 Å². The van der Waals surface area contributed by atoms with Crippen LogP contribution in [0.5, 0.6) is 5.75 Å². The van der Waals surface area contributed by atoms with Crippen molar-refractivity contribution in [2.75, 3.05) is 30.8 Å². The van der Waals surface area contributed by atoms with E-state index in [1.54, 1.807) is 7.11 Å². The second-order valence-corrected chi connectivity index (χ2v) is 5.88. The first-order chi connectivity index (χ1) is 10.5. The highest BCUT2D eigenvalue weighted by molar-refractivity contribution is 6.32. The quantitative estimate of drug-likeness (QED) is 0.751. The van der Waals surface area contributed by atoms with Crippen molar-refractivity contribution in [2.45, 2.75) is 20.8 Å². The molecule has 4 heteroatoms. The zero-order valence-corrected chi connectivity index (χ0v) is 14.3. The lowest BCUT2D eigenvalue weighted by molar-refractivity contribution is 0.415. The maximum atomic E-state index is 6.11. The minimum absolute atomic E-state index is 0.616. The Hall–Kier alpha value is -1.87. The highest BCUT2D eigenvalue weighted by Crippen LogP contribution is 2.27. The minimum Gasteiger partial charge on any atom is -0.495 e. The van der Waals surface area contributed by atoms with E-state index in [2.05, 4.69) is 43.5 Å². The number of hydrogen-bond donors (Lipinski definition) is 2. The first-order valence-corrected chi connectivity index (χ1v) is 7.78. The standard InChI is InChI=1S/C18H23ClN2O/c1-12-9-13(2)18(14(3)10-12)21-8-7-20-15-5-6-17(22-4)16(19)11-15/h5-6,9-11,20-21H,7-8H2,1-4H3. The lowest BCUT2D eigenvalue weighted by Gasteiger charge is -2.15. The number of methoxy groups -OCH3 is 1. The number of nitrogens with one attached hydrogen (secondary N) is 2. The predicted molar refractivity (Wildman–Crippen MR) is 95.6 cm³/mol. The molecule has 0 radical (unpaired) electrons. The van der Waals surface area contributed by atoms with Gasteiger partial charge in [-0.2, -0.15) is 0 Å². The normalized spacial score (nSPS) is 10.4. The van der Waals surface area contributed by atoms with Crippen LogP contribution in [0, 0.1) is 20.8 Å². The Bertz CT molecular complexity index is 633. The molecule has 0 aliphatic carbocycles. The Morgan fingerprint density at radius 3 is 2.18 bits per heavy atom. The lowest BCUT2D eigenvalue weighted by atomic mass is 10.1. The molecule has 0 spiro atoms. The molecule has 2 aromatic carbocycles. The Morgan fingerprint density at radius 1 is 0.955 bits per heavy atom. The molecule has 0 bridgehead atoms. The van der Waals surface area contributed by atoms with Gasteiger partial charge in [0.05, 0.1) is 12.1 Å². The van der Waals surface area contributed by atoms with Crippen LogP contribution in [-0.2, 0) is 0 Å². The molecule has 118 valence electrons. The third-order valence-corrected chi connectivity index (χ3v) is 3.88. The molecule has 0 heterocycles. The predicted octanol–water partition coefficient (Wildman–Crippen LogP) is 4.80. The topological polar surface area (TPSA) is 33.3 Å². The molecule has 0 atom stereocenters. The van der Waals surface area contributed by atoms with E-state index < -0.39 is 0 Å². The Kier molecular flexibility index (Phi) is 5.56. The minimum atomic E-state index is 0.616. The number of hydrogen-bond acceptors (Lipinski definition) is 3. The molecule has 0 aromatic heterocycles. The fraction of sp³-hybridized carbons (Fsp3) is 0.333. The summed E-state index contributed by atoms with van der Waals surface area (Å²) in [5.74, 6) is 0.691. The van der Waals surface area contributed by atoms with Crippen molar-refractivity contribution in [1.82, 2.24) is 0 Å². The summed E-state index contributed by atoms with van der Waals surface area (Å²) in [6, 6.07) is 10.1. The van der Waals surface area contributed by atoms with Gasteiger partial charge in [0.2, 0.25) is 0 Å². The molecule has 0 fully saturated rings. The monoisotopic (exact) mass is 318 g/mol. The van der Waals surface area contributed by atoms with E-state index in [-0.39, 0.29) is 0 Å². The molecule has 0 aliphatic heterocycles. The summed E-state index contributed by atoms with van der Waals surface area (Å²) in [5.41, 5.74) is 6.08. The van der Waals surface area contributed by atoms with Crippen LogP contribution in [0.25, 0.3) is 0 Å². The maximum Gasteiger partial charge on any atom is 0.137 e. The third kappa shape index (κ3) is 4.08. The fourth-order valence-electron chi connectivity index (χ4n) is 2.63. The molecular formula is C18H23ClN2O. The molecule has 2 rings (SSSR count).